The molecule has 0 aromatic carbocycles. The fourth-order valence-corrected chi connectivity index (χ4v) is 1.55. The lowest BCUT2D eigenvalue weighted by atomic mass is 9.89. The molecule has 0 heterocycles. The van der Waals surface area contributed by atoms with Crippen molar-refractivity contribution in [3.63, 3.8) is 0 Å². The van der Waals surface area contributed by atoms with E-state index in [2.05, 4.69) is 0 Å². The molecule has 0 aliphatic heterocycles. The van der Waals surface area contributed by atoms with Gasteiger partial charge in [0.05, 0.1) is 0 Å². The summed E-state index contributed by atoms with van der Waals surface area (Å²) in [5, 5.41) is 8.36. The van der Waals surface area contributed by atoms with Gasteiger partial charge in [0.2, 0.25) is 0 Å². The van der Waals surface area contributed by atoms with Gasteiger partial charge in [0, 0.05) is 6.08 Å². The summed E-state index contributed by atoms with van der Waals surface area (Å²) in [6, 6.07) is 0. The molecule has 0 unspecified atom stereocenters. The summed E-state index contributed by atoms with van der Waals surface area (Å²) < 4.78 is 0. The van der Waals surface area contributed by atoms with Gasteiger partial charge in [0.1, 0.15) is 0 Å². The van der Waals surface area contributed by atoms with Crippen LogP contribution in [0.5, 0.6) is 0 Å². The Balaban J connectivity index is 2.29. The predicted molar refractivity (Wildman–Crippen MR) is 43.4 cm³/mol. The second-order valence-electron chi connectivity index (χ2n) is 3.10. The number of carbonyl (C=O) groups is 1. The summed E-state index contributed by atoms with van der Waals surface area (Å²) in [5.41, 5.74) is 0. The maximum absolute atomic E-state index is 10.2. The fraction of sp³-hybridized carbons (Fsp3) is 0.667. The molecule has 0 atom stereocenters. The van der Waals surface area contributed by atoms with E-state index in [-0.39, 0.29) is 0 Å². The first-order valence-electron chi connectivity index (χ1n) is 4.20. The van der Waals surface area contributed by atoms with Crippen molar-refractivity contribution in [1.82, 2.24) is 0 Å². The van der Waals surface area contributed by atoms with Gasteiger partial charge in [-0.3, -0.25) is 0 Å². The Morgan fingerprint density at radius 3 is 2.45 bits per heavy atom. The monoisotopic (exact) mass is 154 g/mol. The van der Waals surface area contributed by atoms with Crippen molar-refractivity contribution in [1.29, 1.82) is 0 Å². The minimum atomic E-state index is -0.824. The highest BCUT2D eigenvalue weighted by atomic mass is 16.4. The van der Waals surface area contributed by atoms with E-state index >= 15 is 0 Å². The number of rotatable bonds is 2. The summed E-state index contributed by atoms with van der Waals surface area (Å²) in [7, 11) is 0. The molecule has 0 saturated heterocycles. The van der Waals surface area contributed by atoms with Crippen molar-refractivity contribution in [2.45, 2.75) is 32.1 Å². The quantitative estimate of drug-likeness (QED) is 0.619. The average Bonchev–Trinajstić information content (AvgIpc) is 2.03. The Morgan fingerprint density at radius 1 is 1.27 bits per heavy atom. The van der Waals surface area contributed by atoms with E-state index in [0.717, 1.165) is 0 Å². The summed E-state index contributed by atoms with van der Waals surface area (Å²) >= 11 is 0. The van der Waals surface area contributed by atoms with Gasteiger partial charge in [-0.1, -0.05) is 25.3 Å². The molecule has 1 aliphatic rings. The highest BCUT2D eigenvalue weighted by Crippen LogP contribution is 2.24. The number of carboxylic acid groups (broad SMARTS) is 1. The lowest BCUT2D eigenvalue weighted by molar-refractivity contribution is -0.131. The first kappa shape index (κ1) is 8.31. The molecule has 0 aromatic heterocycles. The Kier molecular flexibility index (Phi) is 3.14. The molecule has 0 aromatic rings. The molecule has 2 nitrogen and oxygen atoms in total. The maximum Gasteiger partial charge on any atom is 0.327 e. The number of carboxylic acids is 1. The minimum absolute atomic E-state index is 0.528. The van der Waals surface area contributed by atoms with Crippen LogP contribution in [0.25, 0.3) is 0 Å². The molecule has 0 bridgehead atoms. The van der Waals surface area contributed by atoms with Gasteiger partial charge in [-0.15, -0.1) is 0 Å². The third-order valence-corrected chi connectivity index (χ3v) is 2.16. The first-order chi connectivity index (χ1) is 5.29. The molecule has 0 amide bonds. The minimum Gasteiger partial charge on any atom is -0.478 e. The summed E-state index contributed by atoms with van der Waals surface area (Å²) in [6.45, 7) is 0. The van der Waals surface area contributed by atoms with Crippen LogP contribution in [0.3, 0.4) is 0 Å². The van der Waals surface area contributed by atoms with Crippen LogP contribution in [0.2, 0.25) is 0 Å². The normalized spacial score (nSPS) is 20.7. The second kappa shape index (κ2) is 4.16. The van der Waals surface area contributed by atoms with Crippen LogP contribution in [-0.2, 0) is 4.79 Å². The highest BCUT2D eigenvalue weighted by molar-refractivity contribution is 5.79. The van der Waals surface area contributed by atoms with Crippen molar-refractivity contribution in [3.05, 3.63) is 12.2 Å². The van der Waals surface area contributed by atoms with Gasteiger partial charge in [0.15, 0.2) is 0 Å². The molecule has 11 heavy (non-hydrogen) atoms. The van der Waals surface area contributed by atoms with E-state index in [1.807, 2.05) is 6.08 Å². The molecule has 62 valence electrons. The first-order valence-corrected chi connectivity index (χ1v) is 4.20. The number of allylic oxidation sites excluding steroid dienone is 1. The molecule has 1 saturated carbocycles. The molecular formula is C9H14O2. The smallest absolute Gasteiger partial charge is 0.327 e. The lowest BCUT2D eigenvalue weighted by Crippen LogP contribution is -2.03. The van der Waals surface area contributed by atoms with Gasteiger partial charge < -0.3 is 5.11 Å². The number of aliphatic carboxylic acids is 1. The molecule has 0 radical (unpaired) electrons. The molecule has 1 N–H and O–H groups in total. The van der Waals surface area contributed by atoms with Crippen LogP contribution in [0, 0.1) is 5.92 Å². The van der Waals surface area contributed by atoms with Crippen LogP contribution in [0.1, 0.15) is 32.1 Å². The maximum atomic E-state index is 10.2. The van der Waals surface area contributed by atoms with E-state index in [9.17, 15) is 4.79 Å². The van der Waals surface area contributed by atoms with Crippen LogP contribution in [0.4, 0.5) is 0 Å². The average molecular weight is 154 g/mol. The Morgan fingerprint density at radius 2 is 1.91 bits per heavy atom. The third-order valence-electron chi connectivity index (χ3n) is 2.16. The second-order valence-corrected chi connectivity index (χ2v) is 3.10. The molecular weight excluding hydrogens is 140 g/mol. The Bertz CT molecular complexity index is 155. The Labute approximate surface area is 66.9 Å². The van der Waals surface area contributed by atoms with Crippen molar-refractivity contribution in [2.24, 2.45) is 5.92 Å². The van der Waals surface area contributed by atoms with E-state index < -0.39 is 5.97 Å². The van der Waals surface area contributed by atoms with E-state index in [1.54, 1.807) is 0 Å². The largest absolute Gasteiger partial charge is 0.478 e. The molecule has 1 rings (SSSR count). The number of hydrogen-bond acceptors (Lipinski definition) is 1. The van der Waals surface area contributed by atoms with Gasteiger partial charge in [-0.2, -0.15) is 0 Å². The number of hydrogen-bond donors (Lipinski definition) is 1. The highest BCUT2D eigenvalue weighted by Gasteiger charge is 2.09. The van der Waals surface area contributed by atoms with Crippen molar-refractivity contribution >= 4 is 5.97 Å². The summed E-state index contributed by atoms with van der Waals surface area (Å²) in [6.07, 6.45) is 9.28. The summed E-state index contributed by atoms with van der Waals surface area (Å²) in [4.78, 5) is 10.2. The van der Waals surface area contributed by atoms with Crippen LogP contribution < -0.4 is 0 Å². The Hall–Kier alpha value is -0.790. The topological polar surface area (TPSA) is 37.3 Å². The molecule has 0 spiro atoms. The standard InChI is InChI=1S/C9H14O2/c10-9(11)7-6-8-4-2-1-3-5-8/h6-8H,1-5H2,(H,10,11)/b7-6-. The van der Waals surface area contributed by atoms with Gasteiger partial charge in [0.25, 0.3) is 0 Å². The van der Waals surface area contributed by atoms with Gasteiger partial charge >= 0.3 is 5.97 Å². The molecule has 1 fully saturated rings. The third kappa shape index (κ3) is 3.21. The lowest BCUT2D eigenvalue weighted by Gasteiger charge is -2.17. The van der Waals surface area contributed by atoms with Crippen molar-refractivity contribution < 1.29 is 9.90 Å². The van der Waals surface area contributed by atoms with Crippen molar-refractivity contribution in [3.8, 4) is 0 Å². The van der Waals surface area contributed by atoms with Crippen LogP contribution in [0.15, 0.2) is 12.2 Å². The predicted octanol–water partition coefficient (Wildman–Crippen LogP) is 2.21. The zero-order chi connectivity index (χ0) is 8.10. The fourth-order valence-electron chi connectivity index (χ4n) is 1.55. The van der Waals surface area contributed by atoms with Crippen LogP contribution in [-0.4, -0.2) is 11.1 Å². The van der Waals surface area contributed by atoms with Gasteiger partial charge in [-0.05, 0) is 18.8 Å². The van der Waals surface area contributed by atoms with E-state index in [4.69, 9.17) is 5.11 Å². The summed E-state index contributed by atoms with van der Waals surface area (Å²) in [5.74, 6) is -0.296. The van der Waals surface area contributed by atoms with Gasteiger partial charge in [-0.25, -0.2) is 4.79 Å². The van der Waals surface area contributed by atoms with E-state index in [0.29, 0.717) is 5.92 Å². The molecule has 2 heteroatoms. The van der Waals surface area contributed by atoms with Crippen molar-refractivity contribution in [2.75, 3.05) is 0 Å². The van der Waals surface area contributed by atoms with Crippen LogP contribution >= 0.6 is 0 Å². The SMILES string of the molecule is O=C(O)/C=C\C1CCCCC1. The zero-order valence-corrected chi connectivity index (χ0v) is 6.62. The zero-order valence-electron chi connectivity index (χ0n) is 6.62. The van der Waals surface area contributed by atoms with E-state index in [1.165, 1.54) is 38.2 Å². The molecule has 1 aliphatic carbocycles.